The van der Waals surface area contributed by atoms with Gasteiger partial charge in [0.25, 0.3) is 0 Å². The number of aromatic nitrogens is 2. The zero-order chi connectivity index (χ0) is 16.4. The first-order chi connectivity index (χ1) is 11.1. The lowest BCUT2D eigenvalue weighted by Crippen LogP contribution is -1.95. The summed E-state index contributed by atoms with van der Waals surface area (Å²) in [6, 6.07) is 7.37. The number of hydrogen-bond acceptors (Lipinski definition) is 4. The molecule has 23 heavy (non-hydrogen) atoms. The molecule has 118 valence electrons. The van der Waals surface area contributed by atoms with Crippen LogP contribution in [0.2, 0.25) is 0 Å². The number of fused-ring (bicyclic) bond motifs is 1. The fourth-order valence-electron chi connectivity index (χ4n) is 2.14. The van der Waals surface area contributed by atoms with Gasteiger partial charge in [-0.05, 0) is 63.0 Å². The largest absolute Gasteiger partial charge is 0.504 e. The highest BCUT2D eigenvalue weighted by Crippen LogP contribution is 2.39. The van der Waals surface area contributed by atoms with Gasteiger partial charge in [-0.15, -0.1) is 0 Å². The van der Waals surface area contributed by atoms with Crippen LogP contribution in [0.3, 0.4) is 0 Å². The van der Waals surface area contributed by atoms with Crippen molar-refractivity contribution in [2.45, 2.75) is 6.92 Å². The molecular formula is C16H13Br2N3O2. The minimum atomic E-state index is 0.0493. The van der Waals surface area contributed by atoms with Gasteiger partial charge in [0.05, 0.1) is 35.2 Å². The summed E-state index contributed by atoms with van der Waals surface area (Å²) in [6.45, 7) is 2.33. The van der Waals surface area contributed by atoms with Crippen molar-refractivity contribution in [3.63, 3.8) is 0 Å². The highest BCUT2D eigenvalue weighted by Gasteiger charge is 2.14. The summed E-state index contributed by atoms with van der Waals surface area (Å²) in [5.41, 5.74) is 3.10. The monoisotopic (exact) mass is 437 g/mol. The topological polar surface area (TPSA) is 70.5 Å². The Bertz CT molecular complexity index is 890. The van der Waals surface area contributed by atoms with Gasteiger partial charge in [-0.3, -0.25) is 4.99 Å². The summed E-state index contributed by atoms with van der Waals surface area (Å²) in [7, 11) is 0. The van der Waals surface area contributed by atoms with Gasteiger partial charge in [0.1, 0.15) is 0 Å². The summed E-state index contributed by atoms with van der Waals surface area (Å²) in [6.07, 6.45) is 3.24. The van der Waals surface area contributed by atoms with Crippen LogP contribution in [0.25, 0.3) is 11.0 Å². The number of imidazole rings is 1. The number of hydrogen-bond donors (Lipinski definition) is 2. The molecule has 0 radical (unpaired) electrons. The first-order valence-corrected chi connectivity index (χ1v) is 8.49. The van der Waals surface area contributed by atoms with E-state index in [1.165, 1.54) is 0 Å². The summed E-state index contributed by atoms with van der Waals surface area (Å²) < 4.78 is 6.93. The molecule has 3 rings (SSSR count). The number of H-pyrrole nitrogens is 1. The van der Waals surface area contributed by atoms with Crippen LogP contribution in [0.15, 0.2) is 44.5 Å². The Morgan fingerprint density at radius 1 is 1.35 bits per heavy atom. The van der Waals surface area contributed by atoms with Gasteiger partial charge in [0.15, 0.2) is 11.5 Å². The minimum absolute atomic E-state index is 0.0493. The second kappa shape index (κ2) is 6.72. The zero-order valence-corrected chi connectivity index (χ0v) is 15.3. The van der Waals surface area contributed by atoms with Gasteiger partial charge in [0.2, 0.25) is 0 Å². The van der Waals surface area contributed by atoms with Gasteiger partial charge in [-0.1, -0.05) is 0 Å². The Morgan fingerprint density at radius 2 is 2.17 bits per heavy atom. The van der Waals surface area contributed by atoms with Crippen molar-refractivity contribution < 1.29 is 9.84 Å². The highest BCUT2D eigenvalue weighted by atomic mass is 79.9. The lowest BCUT2D eigenvalue weighted by Gasteiger charge is -2.11. The quantitative estimate of drug-likeness (QED) is 0.566. The molecule has 0 fully saturated rings. The van der Waals surface area contributed by atoms with Gasteiger partial charge in [-0.2, -0.15) is 0 Å². The number of aromatic amines is 1. The molecule has 0 amide bonds. The molecule has 0 aliphatic rings. The number of phenols is 1. The van der Waals surface area contributed by atoms with E-state index < -0.39 is 0 Å². The fraction of sp³-hybridized carbons (Fsp3) is 0.125. The van der Waals surface area contributed by atoms with Crippen molar-refractivity contribution in [1.82, 2.24) is 9.97 Å². The maximum absolute atomic E-state index is 10.4. The lowest BCUT2D eigenvalue weighted by molar-refractivity contribution is 0.317. The normalized spacial score (nSPS) is 11.4. The first kappa shape index (κ1) is 16.0. The third-order valence-corrected chi connectivity index (χ3v) is 5.25. The Kier molecular flexibility index (Phi) is 4.68. The predicted molar refractivity (Wildman–Crippen MR) is 98.0 cm³/mol. The van der Waals surface area contributed by atoms with Gasteiger partial charge in [-0.25, -0.2) is 4.98 Å². The molecule has 3 aromatic rings. The Balaban J connectivity index is 2.00. The van der Waals surface area contributed by atoms with Crippen LogP contribution in [0.5, 0.6) is 11.5 Å². The first-order valence-electron chi connectivity index (χ1n) is 6.91. The predicted octanol–water partition coefficient (Wildman–Crippen LogP) is 4.94. The summed E-state index contributed by atoms with van der Waals surface area (Å²) in [5.74, 6) is 0.460. The summed E-state index contributed by atoms with van der Waals surface area (Å²) in [5, 5.41) is 10.4. The Morgan fingerprint density at radius 3 is 2.96 bits per heavy atom. The maximum Gasteiger partial charge on any atom is 0.167 e. The molecule has 1 heterocycles. The van der Waals surface area contributed by atoms with E-state index in [2.05, 4.69) is 46.8 Å². The standard InChI is InChI=1S/C16H13Br2N3O2/c1-2-23-14-6-11(17)15(18)10(16(14)22)7-19-9-3-4-12-13(5-9)21-8-20-12/h3-8,22H,2H2,1H3,(H,20,21). The molecule has 5 nitrogen and oxygen atoms in total. The third-order valence-electron chi connectivity index (χ3n) is 3.24. The number of phenolic OH excluding ortho intramolecular Hbond substituents is 1. The van der Waals surface area contributed by atoms with E-state index >= 15 is 0 Å². The number of aliphatic imine (C=N–C) groups is 1. The number of halogens is 2. The molecule has 7 heteroatoms. The molecule has 2 aromatic carbocycles. The highest BCUT2D eigenvalue weighted by molar-refractivity contribution is 9.13. The van der Waals surface area contributed by atoms with E-state index in [9.17, 15) is 5.11 Å². The summed E-state index contributed by atoms with van der Waals surface area (Å²) >= 11 is 6.90. The number of nitrogens with zero attached hydrogens (tertiary/aromatic N) is 2. The number of nitrogens with one attached hydrogen (secondary N) is 1. The second-order valence-electron chi connectivity index (χ2n) is 4.73. The zero-order valence-electron chi connectivity index (χ0n) is 12.2. The third kappa shape index (κ3) is 3.25. The average Bonchev–Trinajstić information content (AvgIpc) is 3.00. The number of benzene rings is 2. The molecule has 0 spiro atoms. The van der Waals surface area contributed by atoms with E-state index in [0.717, 1.165) is 21.2 Å². The van der Waals surface area contributed by atoms with Crippen LogP contribution in [0.1, 0.15) is 12.5 Å². The van der Waals surface area contributed by atoms with Crippen LogP contribution in [-0.4, -0.2) is 27.9 Å². The smallest absolute Gasteiger partial charge is 0.167 e. The SMILES string of the molecule is CCOc1cc(Br)c(Br)c(C=Nc2ccc3nc[nH]c3c2)c1O. The second-order valence-corrected chi connectivity index (χ2v) is 6.38. The van der Waals surface area contributed by atoms with E-state index in [-0.39, 0.29) is 5.75 Å². The van der Waals surface area contributed by atoms with Gasteiger partial charge in [0, 0.05) is 15.2 Å². The van der Waals surface area contributed by atoms with Crippen molar-refractivity contribution in [2.24, 2.45) is 4.99 Å². The van der Waals surface area contributed by atoms with Gasteiger partial charge >= 0.3 is 0 Å². The lowest BCUT2D eigenvalue weighted by atomic mass is 10.2. The van der Waals surface area contributed by atoms with Gasteiger partial charge < -0.3 is 14.8 Å². The molecule has 0 saturated carbocycles. The molecule has 0 saturated heterocycles. The molecule has 0 unspecified atom stereocenters. The number of ether oxygens (including phenoxy) is 1. The molecule has 0 aliphatic carbocycles. The van der Waals surface area contributed by atoms with Crippen LogP contribution in [0, 0.1) is 0 Å². The molecule has 0 bridgehead atoms. The van der Waals surface area contributed by atoms with Crippen LogP contribution in [0.4, 0.5) is 5.69 Å². The number of rotatable bonds is 4. The van der Waals surface area contributed by atoms with Crippen LogP contribution in [-0.2, 0) is 0 Å². The van der Waals surface area contributed by atoms with Crippen LogP contribution < -0.4 is 4.74 Å². The number of aromatic hydroxyl groups is 1. The van der Waals surface area contributed by atoms with E-state index in [1.807, 2.05) is 25.1 Å². The molecule has 1 aromatic heterocycles. The average molecular weight is 439 g/mol. The Hall–Kier alpha value is -1.86. The fourth-order valence-corrected chi connectivity index (χ4v) is 2.96. The summed E-state index contributed by atoms with van der Waals surface area (Å²) in [4.78, 5) is 11.6. The van der Waals surface area contributed by atoms with Crippen molar-refractivity contribution in [3.8, 4) is 11.5 Å². The Labute approximate surface area is 149 Å². The van der Waals surface area contributed by atoms with Crippen molar-refractivity contribution in [1.29, 1.82) is 0 Å². The van der Waals surface area contributed by atoms with Crippen molar-refractivity contribution in [2.75, 3.05) is 6.61 Å². The maximum atomic E-state index is 10.4. The van der Waals surface area contributed by atoms with E-state index in [0.29, 0.717) is 22.4 Å². The van der Waals surface area contributed by atoms with Crippen molar-refractivity contribution >= 4 is 54.8 Å². The van der Waals surface area contributed by atoms with E-state index in [4.69, 9.17) is 4.74 Å². The minimum Gasteiger partial charge on any atom is -0.504 e. The molecule has 0 atom stereocenters. The van der Waals surface area contributed by atoms with Crippen LogP contribution >= 0.6 is 31.9 Å². The molecular weight excluding hydrogens is 426 g/mol. The molecule has 0 aliphatic heterocycles. The molecule has 2 N–H and O–H groups in total. The van der Waals surface area contributed by atoms with E-state index in [1.54, 1.807) is 18.6 Å². The van der Waals surface area contributed by atoms with Crippen molar-refractivity contribution in [3.05, 3.63) is 45.1 Å².